The van der Waals surface area contributed by atoms with Crippen LogP contribution in [0.1, 0.15) is 0 Å². The lowest BCUT2D eigenvalue weighted by Gasteiger charge is -2.07. The van der Waals surface area contributed by atoms with Gasteiger partial charge in [0.25, 0.3) is 0 Å². The normalized spacial score (nSPS) is 10.4. The molecule has 0 unspecified atom stereocenters. The van der Waals surface area contributed by atoms with Crippen LogP contribution in [0.2, 0.25) is 0 Å². The predicted molar refractivity (Wildman–Crippen MR) is 78.8 cm³/mol. The van der Waals surface area contributed by atoms with Crippen LogP contribution in [0.15, 0.2) is 29.8 Å². The van der Waals surface area contributed by atoms with Crippen LogP contribution < -0.4 is 10.6 Å². The van der Waals surface area contributed by atoms with Crippen LogP contribution in [-0.2, 0) is 11.3 Å². The van der Waals surface area contributed by atoms with Crippen LogP contribution in [0.3, 0.4) is 0 Å². The second kappa shape index (κ2) is 7.66. The molecule has 0 aliphatic carbocycles. The standard InChI is InChI=1S/C13H18N4O2S/c1-19-9-6-15-13(18)14-5-8-17-7-4-11(16-17)12-3-2-10-20-12/h2-4,7,10H,5-6,8-9H2,1H3,(H2,14,15,18). The van der Waals surface area contributed by atoms with Crippen LogP contribution >= 0.6 is 11.3 Å². The molecule has 0 fully saturated rings. The molecule has 0 bridgehead atoms. The minimum absolute atomic E-state index is 0.187. The van der Waals surface area contributed by atoms with Gasteiger partial charge in [0.2, 0.25) is 0 Å². The first kappa shape index (κ1) is 14.5. The lowest BCUT2D eigenvalue weighted by molar-refractivity contribution is 0.196. The number of nitrogens with one attached hydrogen (secondary N) is 2. The maximum absolute atomic E-state index is 11.4. The number of hydrogen-bond acceptors (Lipinski definition) is 4. The highest BCUT2D eigenvalue weighted by atomic mass is 32.1. The molecule has 0 aliphatic rings. The number of methoxy groups -OCH3 is 1. The lowest BCUT2D eigenvalue weighted by atomic mass is 10.3. The number of hydrogen-bond donors (Lipinski definition) is 2. The molecule has 2 heterocycles. The number of amides is 2. The summed E-state index contributed by atoms with van der Waals surface area (Å²) in [6, 6.07) is 5.83. The summed E-state index contributed by atoms with van der Waals surface area (Å²) < 4.78 is 6.67. The second-order valence-corrected chi connectivity index (χ2v) is 5.06. The summed E-state index contributed by atoms with van der Waals surface area (Å²) >= 11 is 1.66. The zero-order chi connectivity index (χ0) is 14.2. The van der Waals surface area contributed by atoms with Gasteiger partial charge in [0.1, 0.15) is 5.69 Å². The van der Waals surface area contributed by atoms with Crippen LogP contribution in [-0.4, -0.2) is 42.6 Å². The van der Waals surface area contributed by atoms with E-state index in [-0.39, 0.29) is 6.03 Å². The molecule has 0 saturated carbocycles. The van der Waals surface area contributed by atoms with E-state index in [9.17, 15) is 4.79 Å². The Morgan fingerprint density at radius 1 is 1.40 bits per heavy atom. The summed E-state index contributed by atoms with van der Waals surface area (Å²) in [5, 5.41) is 12.0. The van der Waals surface area contributed by atoms with E-state index in [1.54, 1.807) is 18.4 Å². The van der Waals surface area contributed by atoms with Crippen LogP contribution in [0.5, 0.6) is 0 Å². The van der Waals surface area contributed by atoms with Gasteiger partial charge < -0.3 is 15.4 Å². The Labute approximate surface area is 121 Å². The van der Waals surface area contributed by atoms with Gasteiger partial charge in [-0.3, -0.25) is 4.68 Å². The van der Waals surface area contributed by atoms with Gasteiger partial charge in [-0.05, 0) is 17.5 Å². The van der Waals surface area contributed by atoms with Gasteiger partial charge in [0.15, 0.2) is 0 Å². The van der Waals surface area contributed by atoms with E-state index in [0.717, 1.165) is 10.6 Å². The van der Waals surface area contributed by atoms with Crippen LogP contribution in [0.4, 0.5) is 4.79 Å². The average molecular weight is 294 g/mol. The topological polar surface area (TPSA) is 68.2 Å². The Hall–Kier alpha value is -1.86. The van der Waals surface area contributed by atoms with Gasteiger partial charge in [0.05, 0.1) is 18.0 Å². The van der Waals surface area contributed by atoms with Gasteiger partial charge in [-0.25, -0.2) is 4.79 Å². The molecular weight excluding hydrogens is 276 g/mol. The molecule has 2 aromatic rings. The van der Waals surface area contributed by atoms with E-state index in [4.69, 9.17) is 4.74 Å². The largest absolute Gasteiger partial charge is 0.383 e. The smallest absolute Gasteiger partial charge is 0.314 e. The molecule has 0 saturated heterocycles. The van der Waals surface area contributed by atoms with Gasteiger partial charge in [-0.15, -0.1) is 11.3 Å². The third-order valence-corrected chi connectivity index (χ3v) is 3.52. The third-order valence-electron chi connectivity index (χ3n) is 2.63. The van der Waals surface area contributed by atoms with Crippen molar-refractivity contribution in [3.63, 3.8) is 0 Å². The quantitative estimate of drug-likeness (QED) is 0.761. The van der Waals surface area contributed by atoms with Crippen molar-refractivity contribution in [2.75, 3.05) is 26.8 Å². The Bertz CT molecular complexity index is 524. The Morgan fingerprint density at radius 2 is 2.25 bits per heavy atom. The minimum Gasteiger partial charge on any atom is -0.383 e. The van der Waals surface area contributed by atoms with Gasteiger partial charge in [0, 0.05) is 26.4 Å². The van der Waals surface area contributed by atoms with Gasteiger partial charge in [-0.1, -0.05) is 6.07 Å². The van der Waals surface area contributed by atoms with Crippen molar-refractivity contribution in [3.05, 3.63) is 29.8 Å². The first-order chi connectivity index (χ1) is 9.79. The van der Waals surface area contributed by atoms with Gasteiger partial charge >= 0.3 is 6.03 Å². The van der Waals surface area contributed by atoms with Crippen molar-refractivity contribution in [3.8, 4) is 10.6 Å². The Balaban J connectivity index is 1.71. The van der Waals surface area contributed by atoms with Crippen molar-refractivity contribution < 1.29 is 9.53 Å². The molecule has 20 heavy (non-hydrogen) atoms. The highest BCUT2D eigenvalue weighted by Gasteiger charge is 2.03. The number of carbonyl (C=O) groups is 1. The van der Waals surface area contributed by atoms with E-state index in [0.29, 0.717) is 26.2 Å². The molecule has 2 amide bonds. The first-order valence-electron chi connectivity index (χ1n) is 6.37. The average Bonchev–Trinajstić information content (AvgIpc) is 3.09. The minimum atomic E-state index is -0.187. The van der Waals surface area contributed by atoms with Crippen molar-refractivity contribution in [1.29, 1.82) is 0 Å². The fraction of sp³-hybridized carbons (Fsp3) is 0.385. The fourth-order valence-corrected chi connectivity index (χ4v) is 2.35. The molecule has 2 rings (SSSR count). The van der Waals surface area contributed by atoms with E-state index in [2.05, 4.69) is 15.7 Å². The fourth-order valence-electron chi connectivity index (χ4n) is 1.66. The lowest BCUT2D eigenvalue weighted by Crippen LogP contribution is -2.38. The number of rotatable bonds is 7. The molecule has 0 spiro atoms. The number of urea groups is 1. The molecule has 2 N–H and O–H groups in total. The molecule has 0 atom stereocenters. The third kappa shape index (κ3) is 4.36. The van der Waals surface area contributed by atoms with E-state index in [1.165, 1.54) is 0 Å². The number of thiophene rings is 1. The molecule has 108 valence electrons. The summed E-state index contributed by atoms with van der Waals surface area (Å²) in [5.74, 6) is 0. The number of aromatic nitrogens is 2. The molecule has 0 aliphatic heterocycles. The molecule has 7 heteroatoms. The van der Waals surface area contributed by atoms with Crippen molar-refractivity contribution >= 4 is 17.4 Å². The maximum atomic E-state index is 11.4. The van der Waals surface area contributed by atoms with Crippen molar-refractivity contribution in [2.45, 2.75) is 6.54 Å². The zero-order valence-electron chi connectivity index (χ0n) is 11.3. The summed E-state index contributed by atoms with van der Waals surface area (Å²) in [5.41, 5.74) is 0.963. The van der Waals surface area contributed by atoms with Crippen LogP contribution in [0.25, 0.3) is 10.6 Å². The molecule has 0 radical (unpaired) electrons. The highest BCUT2D eigenvalue weighted by Crippen LogP contribution is 2.22. The van der Waals surface area contributed by atoms with E-state index in [1.807, 2.05) is 34.5 Å². The molecule has 0 aromatic carbocycles. The number of carbonyl (C=O) groups excluding carboxylic acids is 1. The maximum Gasteiger partial charge on any atom is 0.314 e. The Morgan fingerprint density at radius 3 is 3.00 bits per heavy atom. The Kier molecular flexibility index (Phi) is 5.57. The molecular formula is C13H18N4O2S. The SMILES string of the molecule is COCCNC(=O)NCCn1ccc(-c2cccs2)n1. The van der Waals surface area contributed by atoms with Crippen molar-refractivity contribution in [1.82, 2.24) is 20.4 Å². The number of nitrogens with zero attached hydrogens (tertiary/aromatic N) is 2. The highest BCUT2D eigenvalue weighted by molar-refractivity contribution is 7.13. The van der Waals surface area contributed by atoms with Crippen LogP contribution in [0, 0.1) is 0 Å². The second-order valence-electron chi connectivity index (χ2n) is 4.12. The first-order valence-corrected chi connectivity index (χ1v) is 7.25. The monoisotopic (exact) mass is 294 g/mol. The summed E-state index contributed by atoms with van der Waals surface area (Å²) in [6.45, 7) is 2.19. The summed E-state index contributed by atoms with van der Waals surface area (Å²) in [6.07, 6.45) is 1.92. The van der Waals surface area contributed by atoms with E-state index < -0.39 is 0 Å². The molecule has 6 nitrogen and oxygen atoms in total. The van der Waals surface area contributed by atoms with Gasteiger partial charge in [-0.2, -0.15) is 5.10 Å². The van der Waals surface area contributed by atoms with Crippen molar-refractivity contribution in [2.24, 2.45) is 0 Å². The van der Waals surface area contributed by atoms with E-state index >= 15 is 0 Å². The predicted octanol–water partition coefficient (Wildman–Crippen LogP) is 1.56. The summed E-state index contributed by atoms with van der Waals surface area (Å²) in [7, 11) is 1.60. The zero-order valence-corrected chi connectivity index (χ0v) is 12.2. The molecule has 2 aromatic heterocycles. The number of ether oxygens (including phenoxy) is 1. The summed E-state index contributed by atoms with van der Waals surface area (Å²) in [4.78, 5) is 12.5.